The van der Waals surface area contributed by atoms with Gasteiger partial charge in [-0.05, 0) is 31.2 Å². The van der Waals surface area contributed by atoms with Crippen molar-refractivity contribution in [1.82, 2.24) is 19.9 Å². The van der Waals surface area contributed by atoms with Gasteiger partial charge < -0.3 is 14.4 Å². The molecule has 2 fully saturated rings. The summed E-state index contributed by atoms with van der Waals surface area (Å²) in [5.41, 5.74) is 2.04. The summed E-state index contributed by atoms with van der Waals surface area (Å²) in [5.74, 6) is 0.538. The van der Waals surface area contributed by atoms with E-state index in [-0.39, 0.29) is 11.5 Å². The maximum absolute atomic E-state index is 12.3. The lowest BCUT2D eigenvalue weighted by Crippen LogP contribution is -2.66. The number of aromatic nitrogens is 3. The molecule has 0 N–H and O–H groups in total. The van der Waals surface area contributed by atoms with Crippen LogP contribution in [-0.4, -0.2) is 57.7 Å². The first-order valence-corrected chi connectivity index (χ1v) is 9.40. The summed E-state index contributed by atoms with van der Waals surface area (Å²) in [7, 11) is 0. The van der Waals surface area contributed by atoms with Crippen LogP contribution in [0.15, 0.2) is 29.4 Å². The monoisotopic (exact) mass is 360 g/mol. The van der Waals surface area contributed by atoms with Crippen LogP contribution in [0.2, 0.25) is 0 Å². The zero-order valence-corrected chi connectivity index (χ0v) is 14.7. The first-order chi connectivity index (χ1) is 12.2. The van der Waals surface area contributed by atoms with Crippen LogP contribution in [0.3, 0.4) is 0 Å². The van der Waals surface area contributed by atoms with Gasteiger partial charge in [0.1, 0.15) is 11.3 Å². The van der Waals surface area contributed by atoms with Gasteiger partial charge in [-0.25, -0.2) is 15.0 Å². The van der Waals surface area contributed by atoms with Gasteiger partial charge in [-0.1, -0.05) is 0 Å². The van der Waals surface area contributed by atoms with E-state index in [0.717, 1.165) is 25.9 Å². The van der Waals surface area contributed by atoms with Crippen molar-refractivity contribution in [2.75, 3.05) is 26.3 Å². The number of rotatable bonds is 5. The molecular formula is C17H20N4O3S. The highest BCUT2D eigenvalue weighted by atomic mass is 32.1. The molecule has 1 amide bonds. The predicted octanol–water partition coefficient (Wildman–Crippen LogP) is 2.02. The molecule has 2 saturated heterocycles. The van der Waals surface area contributed by atoms with Crippen molar-refractivity contribution in [2.24, 2.45) is 5.92 Å². The molecule has 132 valence electrons. The topological polar surface area (TPSA) is 77.4 Å². The molecule has 8 heteroatoms. The number of hydrogen-bond donors (Lipinski definition) is 0. The summed E-state index contributed by atoms with van der Waals surface area (Å²) in [6.45, 7) is 2.66. The maximum atomic E-state index is 12.3. The predicted molar refractivity (Wildman–Crippen MR) is 91.6 cm³/mol. The van der Waals surface area contributed by atoms with E-state index in [9.17, 15) is 4.79 Å². The fraction of sp³-hybridized carbons (Fsp3) is 0.529. The van der Waals surface area contributed by atoms with E-state index in [1.807, 2.05) is 4.90 Å². The molecular weight excluding hydrogens is 340 g/mol. The van der Waals surface area contributed by atoms with Gasteiger partial charge in [0, 0.05) is 24.4 Å². The molecule has 2 aromatic heterocycles. The number of amides is 1. The second-order valence-corrected chi connectivity index (χ2v) is 7.31. The van der Waals surface area contributed by atoms with Crippen molar-refractivity contribution in [1.29, 1.82) is 0 Å². The third kappa shape index (κ3) is 3.64. The lowest BCUT2D eigenvalue weighted by Gasteiger charge is -2.53. The third-order valence-electron chi connectivity index (χ3n) is 4.79. The van der Waals surface area contributed by atoms with E-state index in [1.165, 1.54) is 11.3 Å². The molecule has 0 radical (unpaired) electrons. The molecule has 2 aliphatic heterocycles. The highest BCUT2D eigenvalue weighted by molar-refractivity contribution is 7.07. The van der Waals surface area contributed by atoms with Gasteiger partial charge in [0.15, 0.2) is 0 Å². The summed E-state index contributed by atoms with van der Waals surface area (Å²) in [6.07, 6.45) is 6.29. The molecule has 0 saturated carbocycles. The Bertz CT molecular complexity index is 704. The molecule has 0 aliphatic carbocycles. The average molecular weight is 360 g/mol. The van der Waals surface area contributed by atoms with Gasteiger partial charge in [-0.2, -0.15) is 0 Å². The van der Waals surface area contributed by atoms with Crippen molar-refractivity contribution in [3.63, 3.8) is 0 Å². The summed E-state index contributed by atoms with van der Waals surface area (Å²) in [6, 6.07) is 2.19. The summed E-state index contributed by atoms with van der Waals surface area (Å²) >= 11 is 1.44. The molecule has 7 nitrogen and oxygen atoms in total. The number of carbonyl (C=O) groups excluding carboxylic acids is 1. The zero-order chi connectivity index (χ0) is 17.1. The van der Waals surface area contributed by atoms with E-state index in [2.05, 4.69) is 15.0 Å². The van der Waals surface area contributed by atoms with Crippen LogP contribution >= 0.6 is 11.3 Å². The third-order valence-corrected chi connectivity index (χ3v) is 5.38. The van der Waals surface area contributed by atoms with Crippen molar-refractivity contribution in [3.8, 4) is 6.01 Å². The number of hydrogen-bond acceptors (Lipinski definition) is 7. The number of nitrogens with zero attached hydrogens (tertiary/aromatic N) is 4. The molecule has 2 aromatic rings. The van der Waals surface area contributed by atoms with Crippen LogP contribution in [0.25, 0.3) is 0 Å². The Morgan fingerprint density at radius 1 is 1.36 bits per heavy atom. The van der Waals surface area contributed by atoms with Crippen LogP contribution in [0.4, 0.5) is 0 Å². The Labute approximate surface area is 150 Å². The van der Waals surface area contributed by atoms with Crippen LogP contribution in [0.1, 0.15) is 29.8 Å². The number of ether oxygens (including phenoxy) is 2. The fourth-order valence-corrected chi connectivity index (χ4v) is 4.07. The van der Waals surface area contributed by atoms with Gasteiger partial charge >= 0.3 is 6.01 Å². The number of carbonyl (C=O) groups is 1. The van der Waals surface area contributed by atoms with Crippen molar-refractivity contribution < 1.29 is 14.3 Å². The van der Waals surface area contributed by atoms with Gasteiger partial charge in [0.2, 0.25) is 0 Å². The maximum Gasteiger partial charge on any atom is 0.316 e. The van der Waals surface area contributed by atoms with Gasteiger partial charge in [0.25, 0.3) is 5.91 Å². The second kappa shape index (κ2) is 7.05. The van der Waals surface area contributed by atoms with Crippen LogP contribution in [-0.2, 0) is 4.74 Å². The quantitative estimate of drug-likeness (QED) is 0.812. The smallest absolute Gasteiger partial charge is 0.316 e. The van der Waals surface area contributed by atoms with Gasteiger partial charge in [-0.15, -0.1) is 11.3 Å². The average Bonchev–Trinajstić information content (AvgIpc) is 3.15. The van der Waals surface area contributed by atoms with E-state index in [1.54, 1.807) is 29.4 Å². The Hall–Kier alpha value is -2.06. The SMILES string of the molecule is O=C(c1cscn1)N1CC2(C[C@@H](CCOc3ncccn3)CCO2)C1. The molecule has 1 atom stereocenters. The van der Waals surface area contributed by atoms with Gasteiger partial charge in [-0.3, -0.25) is 4.79 Å². The second-order valence-electron chi connectivity index (χ2n) is 6.59. The number of likely N-dealkylation sites (tertiary alicyclic amines) is 1. The first-order valence-electron chi connectivity index (χ1n) is 8.45. The zero-order valence-electron chi connectivity index (χ0n) is 13.8. The van der Waals surface area contributed by atoms with E-state index < -0.39 is 0 Å². The van der Waals surface area contributed by atoms with Crippen molar-refractivity contribution >= 4 is 17.2 Å². The minimum atomic E-state index is -0.183. The van der Waals surface area contributed by atoms with E-state index >= 15 is 0 Å². The molecule has 0 aromatic carbocycles. The molecule has 0 unspecified atom stereocenters. The van der Waals surface area contributed by atoms with Crippen LogP contribution in [0, 0.1) is 5.92 Å². The van der Waals surface area contributed by atoms with Crippen molar-refractivity contribution in [2.45, 2.75) is 24.9 Å². The Kier molecular flexibility index (Phi) is 4.63. The minimum Gasteiger partial charge on any atom is -0.463 e. The molecule has 25 heavy (non-hydrogen) atoms. The molecule has 4 heterocycles. The normalized spacial score (nSPS) is 21.8. The van der Waals surface area contributed by atoms with E-state index in [4.69, 9.17) is 9.47 Å². The van der Waals surface area contributed by atoms with Crippen molar-refractivity contribution in [3.05, 3.63) is 35.0 Å². The molecule has 4 rings (SSSR count). The molecule has 1 spiro atoms. The lowest BCUT2D eigenvalue weighted by atomic mass is 9.79. The Morgan fingerprint density at radius 2 is 2.20 bits per heavy atom. The summed E-state index contributed by atoms with van der Waals surface area (Å²) in [4.78, 5) is 26.4. The minimum absolute atomic E-state index is 0.00200. The van der Waals surface area contributed by atoms with Gasteiger partial charge in [0.05, 0.1) is 25.2 Å². The fourth-order valence-electron chi connectivity index (χ4n) is 3.55. The highest BCUT2D eigenvalue weighted by Crippen LogP contribution is 2.38. The van der Waals surface area contributed by atoms with E-state index in [0.29, 0.717) is 37.3 Å². The van der Waals surface area contributed by atoms with Crippen LogP contribution in [0.5, 0.6) is 6.01 Å². The Morgan fingerprint density at radius 3 is 2.96 bits per heavy atom. The lowest BCUT2D eigenvalue weighted by molar-refractivity contribution is -0.166. The first kappa shape index (κ1) is 16.4. The standard InChI is InChI=1S/C17H20N4O3S/c22-15(14-9-25-12-20-14)21-10-17(11-21)8-13(3-7-24-17)2-6-23-16-18-4-1-5-19-16/h1,4-5,9,12-13H,2-3,6-8,10-11H2/t13-/m0/s1. The summed E-state index contributed by atoms with van der Waals surface area (Å²) in [5, 5.41) is 1.79. The molecule has 0 bridgehead atoms. The Balaban J connectivity index is 1.25. The number of thiazole rings is 1. The highest BCUT2D eigenvalue weighted by Gasteiger charge is 2.49. The molecule has 2 aliphatic rings. The largest absolute Gasteiger partial charge is 0.463 e. The van der Waals surface area contributed by atoms with Crippen LogP contribution < -0.4 is 4.74 Å². The summed E-state index contributed by atoms with van der Waals surface area (Å²) < 4.78 is 11.6.